The van der Waals surface area contributed by atoms with Gasteiger partial charge in [0.15, 0.2) is 17.6 Å². The second-order valence-electron chi connectivity index (χ2n) is 8.59. The molecule has 0 radical (unpaired) electrons. The average molecular weight is 512 g/mol. The fourth-order valence-corrected chi connectivity index (χ4v) is 4.28. The molecule has 196 valence electrons. The summed E-state index contributed by atoms with van der Waals surface area (Å²) in [5.74, 6) is -1.25. The Morgan fingerprint density at radius 2 is 1.89 bits per heavy atom. The predicted molar refractivity (Wildman–Crippen MR) is 137 cm³/mol. The number of aromatic nitrogens is 3. The highest BCUT2D eigenvalue weighted by Gasteiger charge is 2.24. The largest absolute Gasteiger partial charge is 0.508 e. The number of carboxylic acids is 1. The number of carbonyl (C=O) groups is 1. The van der Waals surface area contributed by atoms with Gasteiger partial charge in [-0.05, 0) is 55.8 Å². The van der Waals surface area contributed by atoms with Crippen molar-refractivity contribution in [3.05, 3.63) is 53.8 Å². The number of aliphatic carboxylic acids is 1. The third-order valence-corrected chi connectivity index (χ3v) is 6.19. The van der Waals surface area contributed by atoms with Crippen molar-refractivity contribution in [1.29, 1.82) is 0 Å². The number of methoxy groups -OCH3 is 1. The molecule has 3 aromatic rings. The SMILES string of the molecule is CCN1CCCC1CNc1nc(Nc2ccc(OC)c(F)c2)nc(NC(C(=O)O)c2ccc(O)cc2)n1. The van der Waals surface area contributed by atoms with E-state index in [2.05, 4.69) is 42.7 Å². The number of carboxylic acid groups (broad SMARTS) is 1. The van der Waals surface area contributed by atoms with E-state index in [1.807, 2.05) is 0 Å². The summed E-state index contributed by atoms with van der Waals surface area (Å²) in [5, 5.41) is 28.4. The molecular formula is C25H30FN7O4. The van der Waals surface area contributed by atoms with Gasteiger partial charge >= 0.3 is 5.97 Å². The zero-order chi connectivity index (χ0) is 26.4. The van der Waals surface area contributed by atoms with Gasteiger partial charge in [0.05, 0.1) is 7.11 Å². The van der Waals surface area contributed by atoms with Crippen LogP contribution >= 0.6 is 0 Å². The van der Waals surface area contributed by atoms with Crippen LogP contribution in [0, 0.1) is 5.82 Å². The molecule has 1 aliphatic heterocycles. The van der Waals surface area contributed by atoms with Crippen molar-refractivity contribution >= 4 is 29.5 Å². The Hall–Kier alpha value is -4.19. The predicted octanol–water partition coefficient (Wildman–Crippen LogP) is 3.60. The maximum atomic E-state index is 14.2. The lowest BCUT2D eigenvalue weighted by molar-refractivity contribution is -0.138. The smallest absolute Gasteiger partial charge is 0.330 e. The van der Waals surface area contributed by atoms with Crippen LogP contribution in [-0.4, -0.2) is 68.8 Å². The zero-order valence-electron chi connectivity index (χ0n) is 20.6. The molecule has 11 nitrogen and oxygen atoms in total. The van der Waals surface area contributed by atoms with Crippen LogP contribution in [0.25, 0.3) is 0 Å². The van der Waals surface area contributed by atoms with Crippen LogP contribution in [0.1, 0.15) is 31.4 Å². The van der Waals surface area contributed by atoms with E-state index in [1.54, 1.807) is 6.07 Å². The summed E-state index contributed by atoms with van der Waals surface area (Å²) in [4.78, 5) is 27.5. The number of hydrogen-bond donors (Lipinski definition) is 5. The topological polar surface area (TPSA) is 145 Å². The number of halogens is 1. The van der Waals surface area contributed by atoms with E-state index >= 15 is 0 Å². The maximum absolute atomic E-state index is 14.2. The number of nitrogens with one attached hydrogen (secondary N) is 3. The number of likely N-dealkylation sites (tertiary alicyclic amines) is 1. The van der Waals surface area contributed by atoms with Gasteiger partial charge in [-0.25, -0.2) is 9.18 Å². The highest BCUT2D eigenvalue weighted by molar-refractivity contribution is 5.78. The molecule has 12 heteroatoms. The molecule has 5 N–H and O–H groups in total. The van der Waals surface area contributed by atoms with Crippen LogP contribution < -0.4 is 20.7 Å². The van der Waals surface area contributed by atoms with Crippen LogP contribution in [0.4, 0.5) is 27.9 Å². The van der Waals surface area contributed by atoms with Gasteiger partial charge in [-0.3, -0.25) is 4.90 Å². The average Bonchev–Trinajstić information content (AvgIpc) is 3.34. The van der Waals surface area contributed by atoms with Gasteiger partial charge in [0, 0.05) is 24.3 Å². The number of phenols is 1. The van der Waals surface area contributed by atoms with Gasteiger partial charge in [0.25, 0.3) is 0 Å². The van der Waals surface area contributed by atoms with Gasteiger partial charge in [0.1, 0.15) is 5.75 Å². The fraction of sp³-hybridized carbons (Fsp3) is 0.360. The number of hydrogen-bond acceptors (Lipinski definition) is 10. The molecule has 0 saturated carbocycles. The molecule has 2 heterocycles. The molecule has 1 saturated heterocycles. The minimum atomic E-state index is -1.19. The van der Waals surface area contributed by atoms with Crippen LogP contribution in [-0.2, 0) is 4.79 Å². The zero-order valence-corrected chi connectivity index (χ0v) is 20.6. The monoisotopic (exact) mass is 511 g/mol. The summed E-state index contributed by atoms with van der Waals surface area (Å²) in [6, 6.07) is 9.28. The second-order valence-corrected chi connectivity index (χ2v) is 8.59. The molecule has 1 aromatic heterocycles. The second kappa shape index (κ2) is 11.7. The Kier molecular flexibility index (Phi) is 8.18. The first kappa shape index (κ1) is 25.9. The Labute approximate surface area is 213 Å². The number of phenolic OH excluding ortho intramolecular Hbond substituents is 1. The highest BCUT2D eigenvalue weighted by atomic mass is 19.1. The van der Waals surface area contributed by atoms with E-state index in [9.17, 15) is 19.4 Å². The molecule has 0 bridgehead atoms. The molecule has 0 spiro atoms. The van der Waals surface area contributed by atoms with Crippen LogP contribution in [0.15, 0.2) is 42.5 Å². The van der Waals surface area contributed by atoms with E-state index < -0.39 is 17.8 Å². The molecule has 2 unspecified atom stereocenters. The maximum Gasteiger partial charge on any atom is 0.330 e. The van der Waals surface area contributed by atoms with E-state index in [0.717, 1.165) is 25.9 Å². The first-order valence-corrected chi connectivity index (χ1v) is 12.0. The number of ether oxygens (including phenoxy) is 1. The lowest BCUT2D eigenvalue weighted by Gasteiger charge is -2.23. The lowest BCUT2D eigenvalue weighted by atomic mass is 10.1. The van der Waals surface area contributed by atoms with E-state index in [0.29, 0.717) is 23.8 Å². The summed E-state index contributed by atoms with van der Waals surface area (Å²) >= 11 is 0. The van der Waals surface area contributed by atoms with E-state index in [-0.39, 0.29) is 29.3 Å². The molecule has 1 aliphatic rings. The number of anilines is 4. The minimum absolute atomic E-state index is 0.00762. The van der Waals surface area contributed by atoms with Crippen molar-refractivity contribution < 1.29 is 24.1 Å². The molecule has 4 rings (SSSR count). The summed E-state index contributed by atoms with van der Waals surface area (Å²) in [6.45, 7) is 4.71. The van der Waals surface area contributed by atoms with Crippen molar-refractivity contribution in [1.82, 2.24) is 19.9 Å². The van der Waals surface area contributed by atoms with Gasteiger partial charge in [-0.15, -0.1) is 0 Å². The molecule has 0 aliphatic carbocycles. The number of rotatable bonds is 11. The molecule has 2 atom stereocenters. The Bertz CT molecular complexity index is 1230. The number of likely N-dealkylation sites (N-methyl/N-ethyl adjacent to an activating group) is 1. The Balaban J connectivity index is 1.61. The fourth-order valence-electron chi connectivity index (χ4n) is 4.28. The third kappa shape index (κ3) is 6.53. The number of nitrogens with zero attached hydrogens (tertiary/aromatic N) is 4. The van der Waals surface area contributed by atoms with Gasteiger partial charge in [0.2, 0.25) is 17.8 Å². The quantitative estimate of drug-likeness (QED) is 0.257. The summed E-state index contributed by atoms with van der Waals surface area (Å²) in [6.07, 6.45) is 2.17. The van der Waals surface area contributed by atoms with Crippen molar-refractivity contribution in [2.75, 3.05) is 42.7 Å². The van der Waals surface area contributed by atoms with Crippen molar-refractivity contribution in [3.8, 4) is 11.5 Å². The Morgan fingerprint density at radius 3 is 2.57 bits per heavy atom. The van der Waals surface area contributed by atoms with E-state index in [1.165, 1.54) is 43.5 Å². The summed E-state index contributed by atoms with van der Waals surface area (Å²) < 4.78 is 19.2. The molecule has 1 fully saturated rings. The number of aromatic hydroxyl groups is 1. The van der Waals surface area contributed by atoms with Gasteiger partial charge in [-0.2, -0.15) is 15.0 Å². The highest BCUT2D eigenvalue weighted by Crippen LogP contribution is 2.25. The Morgan fingerprint density at radius 1 is 1.16 bits per heavy atom. The summed E-state index contributed by atoms with van der Waals surface area (Å²) in [5.41, 5.74) is 0.777. The minimum Gasteiger partial charge on any atom is -0.508 e. The normalized spacial score (nSPS) is 16.2. The van der Waals surface area contributed by atoms with Crippen molar-refractivity contribution in [2.24, 2.45) is 0 Å². The molecular weight excluding hydrogens is 481 g/mol. The van der Waals surface area contributed by atoms with Crippen LogP contribution in [0.3, 0.4) is 0 Å². The molecule has 37 heavy (non-hydrogen) atoms. The number of benzene rings is 2. The van der Waals surface area contributed by atoms with Crippen molar-refractivity contribution in [2.45, 2.75) is 31.8 Å². The first-order valence-electron chi connectivity index (χ1n) is 12.0. The van der Waals surface area contributed by atoms with Crippen LogP contribution in [0.2, 0.25) is 0 Å². The summed E-state index contributed by atoms with van der Waals surface area (Å²) in [7, 11) is 1.38. The van der Waals surface area contributed by atoms with Crippen LogP contribution in [0.5, 0.6) is 11.5 Å². The van der Waals surface area contributed by atoms with Crippen molar-refractivity contribution in [3.63, 3.8) is 0 Å². The lowest BCUT2D eigenvalue weighted by Crippen LogP contribution is -2.35. The third-order valence-electron chi connectivity index (χ3n) is 6.19. The standard InChI is InChI=1S/C25H30FN7O4/c1-3-33-12-4-5-17(33)14-27-23-30-24(28-16-8-11-20(37-2)19(26)13-16)32-25(31-23)29-21(22(35)36)15-6-9-18(34)10-7-15/h6-11,13,17,21,34H,3-5,12,14H2,1-2H3,(H,35,36)(H3,27,28,29,30,31,32). The van der Waals surface area contributed by atoms with E-state index in [4.69, 9.17) is 4.74 Å². The van der Waals surface area contributed by atoms with Gasteiger partial charge < -0.3 is 30.9 Å². The molecule has 0 amide bonds. The molecule has 2 aromatic carbocycles. The van der Waals surface area contributed by atoms with Gasteiger partial charge in [-0.1, -0.05) is 19.1 Å². The first-order chi connectivity index (χ1) is 17.9.